The molecule has 0 aliphatic heterocycles. The van der Waals surface area contributed by atoms with Gasteiger partial charge in [-0.15, -0.1) is 0 Å². The lowest BCUT2D eigenvalue weighted by molar-refractivity contribution is -0.112. The zero-order valence-electron chi connectivity index (χ0n) is 14.8. The first kappa shape index (κ1) is 18.5. The number of nitrogens with zero attached hydrogens (tertiary/aromatic N) is 1. The number of benzene rings is 3. The van der Waals surface area contributed by atoms with Crippen LogP contribution in [0.1, 0.15) is 0 Å². The fraction of sp³-hybridized carbons (Fsp3) is 0. The highest BCUT2D eigenvalue weighted by Crippen LogP contribution is 2.23. The number of anilines is 2. The Labute approximate surface area is 162 Å². The van der Waals surface area contributed by atoms with Crippen LogP contribution in [0.15, 0.2) is 90.6 Å². The Hall–Kier alpha value is -4.24. The van der Waals surface area contributed by atoms with E-state index < -0.39 is 5.91 Å². The van der Waals surface area contributed by atoms with Gasteiger partial charge in [-0.1, -0.05) is 30.3 Å². The summed E-state index contributed by atoms with van der Waals surface area (Å²) >= 11 is 0. The number of phenolic OH excluding ortho intramolecular Hbond substituents is 1. The van der Waals surface area contributed by atoms with Crippen molar-refractivity contribution in [2.75, 3.05) is 10.6 Å². The van der Waals surface area contributed by atoms with Crippen molar-refractivity contribution in [1.29, 1.82) is 5.26 Å². The second kappa shape index (κ2) is 8.92. The molecule has 0 aliphatic carbocycles. The van der Waals surface area contributed by atoms with Gasteiger partial charge in [0, 0.05) is 11.9 Å². The van der Waals surface area contributed by atoms with E-state index in [4.69, 9.17) is 4.74 Å². The van der Waals surface area contributed by atoms with Crippen LogP contribution in [-0.2, 0) is 4.79 Å². The lowest BCUT2D eigenvalue weighted by Gasteiger charge is -2.08. The Balaban J connectivity index is 1.63. The van der Waals surface area contributed by atoms with Gasteiger partial charge in [-0.05, 0) is 48.5 Å². The highest BCUT2D eigenvalue weighted by Gasteiger charge is 2.10. The summed E-state index contributed by atoms with van der Waals surface area (Å²) in [6.07, 6.45) is 1.25. The van der Waals surface area contributed by atoms with Crippen molar-refractivity contribution in [3.05, 3.63) is 90.6 Å². The summed E-state index contributed by atoms with van der Waals surface area (Å²) in [4.78, 5) is 12.3. The van der Waals surface area contributed by atoms with E-state index in [1.807, 2.05) is 36.4 Å². The summed E-state index contributed by atoms with van der Waals surface area (Å²) in [5.41, 5.74) is 0.785. The van der Waals surface area contributed by atoms with E-state index in [2.05, 4.69) is 10.6 Å². The average Bonchev–Trinajstić information content (AvgIpc) is 2.72. The summed E-state index contributed by atoms with van der Waals surface area (Å²) in [6.45, 7) is 0. The van der Waals surface area contributed by atoms with E-state index in [1.165, 1.54) is 12.3 Å². The molecule has 0 heterocycles. The van der Waals surface area contributed by atoms with Gasteiger partial charge in [0.05, 0.1) is 5.69 Å². The topological polar surface area (TPSA) is 94.4 Å². The fourth-order valence-corrected chi connectivity index (χ4v) is 2.32. The summed E-state index contributed by atoms with van der Waals surface area (Å²) in [5.74, 6) is 0.790. The molecule has 3 aromatic carbocycles. The zero-order chi connectivity index (χ0) is 19.8. The lowest BCUT2D eigenvalue weighted by Crippen LogP contribution is -2.14. The minimum absolute atomic E-state index is 0.0189. The molecule has 3 N–H and O–H groups in total. The fourth-order valence-electron chi connectivity index (χ4n) is 2.32. The summed E-state index contributed by atoms with van der Waals surface area (Å²) in [7, 11) is 0. The molecular formula is C22H17N3O3. The van der Waals surface area contributed by atoms with E-state index in [0.717, 1.165) is 0 Å². The molecule has 0 unspecified atom stereocenters. The number of nitrogens with one attached hydrogen (secondary N) is 2. The molecule has 0 saturated carbocycles. The highest BCUT2D eigenvalue weighted by molar-refractivity contribution is 6.06. The van der Waals surface area contributed by atoms with Crippen LogP contribution in [0, 0.1) is 11.3 Å². The van der Waals surface area contributed by atoms with Gasteiger partial charge < -0.3 is 20.5 Å². The Morgan fingerprint density at radius 3 is 2.25 bits per heavy atom. The number of hydrogen-bond donors (Lipinski definition) is 3. The maximum atomic E-state index is 12.3. The summed E-state index contributed by atoms with van der Waals surface area (Å²) in [5, 5.41) is 24.3. The van der Waals surface area contributed by atoms with Crippen molar-refractivity contribution in [2.24, 2.45) is 0 Å². The van der Waals surface area contributed by atoms with Crippen molar-refractivity contribution in [3.8, 4) is 23.3 Å². The number of rotatable bonds is 6. The smallest absolute Gasteiger partial charge is 0.267 e. The summed E-state index contributed by atoms with van der Waals surface area (Å²) < 4.78 is 5.70. The molecule has 0 spiro atoms. The SMILES string of the molecule is N#C/C(=C/Nc1ccccc1O)C(=O)Nc1ccc(Oc2ccccc2)cc1. The molecule has 6 nitrogen and oxygen atoms in total. The second-order valence-corrected chi connectivity index (χ2v) is 5.72. The Kier molecular flexibility index (Phi) is 5.91. The van der Waals surface area contributed by atoms with Crippen molar-refractivity contribution in [1.82, 2.24) is 0 Å². The Morgan fingerprint density at radius 1 is 0.929 bits per heavy atom. The average molecular weight is 371 g/mol. The van der Waals surface area contributed by atoms with Crippen LogP contribution in [0.4, 0.5) is 11.4 Å². The number of nitriles is 1. The van der Waals surface area contributed by atoms with Crippen LogP contribution >= 0.6 is 0 Å². The number of carbonyl (C=O) groups is 1. The zero-order valence-corrected chi connectivity index (χ0v) is 14.8. The number of ether oxygens (including phenoxy) is 1. The van der Waals surface area contributed by atoms with E-state index in [1.54, 1.807) is 42.5 Å². The minimum Gasteiger partial charge on any atom is -0.506 e. The molecular weight excluding hydrogens is 354 g/mol. The molecule has 138 valence electrons. The standard InChI is InChI=1S/C22H17N3O3/c23-14-16(15-24-20-8-4-5-9-21(20)26)22(27)25-17-10-12-19(13-11-17)28-18-6-2-1-3-7-18/h1-13,15,24,26H,(H,25,27)/b16-15-. The molecule has 3 aromatic rings. The lowest BCUT2D eigenvalue weighted by atomic mass is 10.2. The normalized spacial score (nSPS) is 10.6. The van der Waals surface area contributed by atoms with Crippen molar-refractivity contribution >= 4 is 17.3 Å². The van der Waals surface area contributed by atoms with Gasteiger partial charge in [0.25, 0.3) is 5.91 Å². The van der Waals surface area contributed by atoms with Crippen molar-refractivity contribution < 1.29 is 14.6 Å². The molecule has 0 aromatic heterocycles. The third kappa shape index (κ3) is 4.90. The maximum absolute atomic E-state index is 12.3. The first-order valence-corrected chi connectivity index (χ1v) is 8.45. The molecule has 0 bridgehead atoms. The van der Waals surface area contributed by atoms with Gasteiger partial charge >= 0.3 is 0 Å². The molecule has 28 heavy (non-hydrogen) atoms. The number of para-hydroxylation sites is 3. The molecule has 1 amide bonds. The van der Waals surface area contributed by atoms with Gasteiger partial charge in [-0.25, -0.2) is 0 Å². The monoisotopic (exact) mass is 371 g/mol. The van der Waals surface area contributed by atoms with Gasteiger partial charge in [0.1, 0.15) is 28.9 Å². The van der Waals surface area contributed by atoms with Crippen LogP contribution in [0.5, 0.6) is 17.2 Å². The van der Waals surface area contributed by atoms with Crippen molar-refractivity contribution in [2.45, 2.75) is 0 Å². The van der Waals surface area contributed by atoms with Gasteiger partial charge in [0.2, 0.25) is 0 Å². The van der Waals surface area contributed by atoms with Gasteiger partial charge in [0.15, 0.2) is 0 Å². The molecule has 3 rings (SSSR count). The molecule has 0 radical (unpaired) electrons. The van der Waals surface area contributed by atoms with E-state index in [0.29, 0.717) is 22.9 Å². The molecule has 6 heteroatoms. The van der Waals surface area contributed by atoms with Crippen LogP contribution in [-0.4, -0.2) is 11.0 Å². The second-order valence-electron chi connectivity index (χ2n) is 5.72. The quantitative estimate of drug-likeness (QED) is 0.333. The minimum atomic E-state index is -0.567. The number of hydrogen-bond acceptors (Lipinski definition) is 5. The van der Waals surface area contributed by atoms with Crippen LogP contribution in [0.2, 0.25) is 0 Å². The van der Waals surface area contributed by atoms with E-state index in [9.17, 15) is 15.2 Å². The summed E-state index contributed by atoms with van der Waals surface area (Å²) in [6, 6.07) is 24.5. The van der Waals surface area contributed by atoms with Gasteiger partial charge in [-0.3, -0.25) is 4.79 Å². The largest absolute Gasteiger partial charge is 0.506 e. The number of carbonyl (C=O) groups excluding carboxylic acids is 1. The van der Waals surface area contributed by atoms with Gasteiger partial charge in [-0.2, -0.15) is 5.26 Å². The maximum Gasteiger partial charge on any atom is 0.267 e. The Morgan fingerprint density at radius 2 is 1.57 bits per heavy atom. The Bertz CT molecular complexity index is 1020. The number of phenols is 1. The molecule has 0 saturated heterocycles. The molecule has 0 fully saturated rings. The first-order chi connectivity index (χ1) is 13.7. The van der Waals surface area contributed by atoms with E-state index >= 15 is 0 Å². The van der Waals surface area contributed by atoms with E-state index in [-0.39, 0.29) is 11.3 Å². The van der Waals surface area contributed by atoms with Crippen molar-refractivity contribution in [3.63, 3.8) is 0 Å². The third-order valence-electron chi connectivity index (χ3n) is 3.73. The predicted molar refractivity (Wildman–Crippen MR) is 107 cm³/mol. The number of aromatic hydroxyl groups is 1. The molecule has 0 aliphatic rings. The van der Waals surface area contributed by atoms with Crippen LogP contribution in [0.25, 0.3) is 0 Å². The first-order valence-electron chi connectivity index (χ1n) is 8.45. The number of amides is 1. The molecule has 0 atom stereocenters. The predicted octanol–water partition coefficient (Wildman–Crippen LogP) is 4.64. The van der Waals surface area contributed by atoms with Crippen LogP contribution in [0.3, 0.4) is 0 Å². The highest BCUT2D eigenvalue weighted by atomic mass is 16.5. The third-order valence-corrected chi connectivity index (χ3v) is 3.73. The van der Waals surface area contributed by atoms with Crippen LogP contribution < -0.4 is 15.4 Å².